The molecule has 4 nitrogen and oxygen atoms in total. The predicted octanol–water partition coefficient (Wildman–Crippen LogP) is 3.05. The van der Waals surface area contributed by atoms with Gasteiger partial charge in [-0.15, -0.1) is 11.3 Å². The molecule has 0 N–H and O–H groups in total. The van der Waals surface area contributed by atoms with Crippen molar-refractivity contribution in [3.8, 4) is 0 Å². The number of Topliss-reactive ketones (excluding diaryl/α,β-unsaturated/α-hetero) is 1. The largest absolute Gasteiger partial charge is 0.377 e. The molecular weight excluding hydrogens is 420 g/mol. The second-order valence-corrected chi connectivity index (χ2v) is 10.2. The van der Waals surface area contributed by atoms with Crippen LogP contribution >= 0.6 is 43.2 Å². The van der Waals surface area contributed by atoms with E-state index in [2.05, 4.69) is 31.9 Å². The second kappa shape index (κ2) is 6.34. The van der Waals surface area contributed by atoms with Crippen LogP contribution in [0.4, 0.5) is 0 Å². The molecule has 0 amide bonds. The molecule has 0 spiro atoms. The lowest BCUT2D eigenvalue weighted by Gasteiger charge is -2.09. The molecule has 0 radical (unpaired) electrons. The van der Waals surface area contributed by atoms with Crippen molar-refractivity contribution in [1.82, 2.24) is 0 Å². The number of thiophene rings is 1. The van der Waals surface area contributed by atoms with Gasteiger partial charge in [-0.1, -0.05) is 0 Å². The molecule has 2 heterocycles. The monoisotopic (exact) mass is 430 g/mol. The van der Waals surface area contributed by atoms with Crippen molar-refractivity contribution < 1.29 is 17.9 Å². The number of hydrogen-bond donors (Lipinski definition) is 0. The highest BCUT2D eigenvalue weighted by molar-refractivity contribution is 9.12. The van der Waals surface area contributed by atoms with E-state index >= 15 is 0 Å². The number of carbonyl (C=O) groups is 1. The Hall–Kier alpha value is 0.240. The highest BCUT2D eigenvalue weighted by Gasteiger charge is 2.27. The molecule has 106 valence electrons. The van der Waals surface area contributed by atoms with E-state index < -0.39 is 15.6 Å². The van der Waals surface area contributed by atoms with E-state index in [-0.39, 0.29) is 17.6 Å². The van der Waals surface area contributed by atoms with E-state index in [0.717, 1.165) is 16.6 Å². The first-order chi connectivity index (χ1) is 8.87. The maximum atomic E-state index is 12.0. The van der Waals surface area contributed by atoms with Crippen LogP contribution in [0.3, 0.4) is 0 Å². The Morgan fingerprint density at radius 1 is 1.47 bits per heavy atom. The van der Waals surface area contributed by atoms with Crippen molar-refractivity contribution in [2.45, 2.75) is 18.9 Å². The van der Waals surface area contributed by atoms with Crippen LogP contribution in [-0.2, 0) is 14.6 Å². The number of ketones is 1. The summed E-state index contributed by atoms with van der Waals surface area (Å²) in [7, 11) is -3.43. The van der Waals surface area contributed by atoms with Crippen LogP contribution in [0.5, 0.6) is 0 Å². The van der Waals surface area contributed by atoms with Crippen LogP contribution in [0.1, 0.15) is 23.2 Å². The molecule has 1 saturated heterocycles. The third-order valence-corrected chi connectivity index (χ3v) is 6.69. The topological polar surface area (TPSA) is 60.4 Å². The van der Waals surface area contributed by atoms with E-state index in [1.165, 1.54) is 11.3 Å². The van der Waals surface area contributed by atoms with E-state index in [4.69, 9.17) is 4.74 Å². The minimum Gasteiger partial charge on any atom is -0.377 e. The van der Waals surface area contributed by atoms with Crippen molar-refractivity contribution in [1.29, 1.82) is 0 Å². The van der Waals surface area contributed by atoms with Crippen molar-refractivity contribution in [2.24, 2.45) is 0 Å². The Labute approximate surface area is 132 Å². The van der Waals surface area contributed by atoms with Crippen LogP contribution in [0.15, 0.2) is 13.6 Å². The first-order valence-electron chi connectivity index (χ1n) is 5.67. The molecular formula is C11H12Br2O4S2. The van der Waals surface area contributed by atoms with Gasteiger partial charge in [-0.25, -0.2) is 8.42 Å². The Morgan fingerprint density at radius 2 is 2.21 bits per heavy atom. The van der Waals surface area contributed by atoms with Crippen molar-refractivity contribution in [3.63, 3.8) is 0 Å². The Balaban J connectivity index is 2.03. The van der Waals surface area contributed by atoms with Gasteiger partial charge in [-0.2, -0.15) is 0 Å². The Bertz CT molecular complexity index is 574. The van der Waals surface area contributed by atoms with Crippen LogP contribution in [-0.4, -0.2) is 38.4 Å². The third-order valence-electron chi connectivity index (χ3n) is 2.77. The normalized spacial score (nSPS) is 19.8. The fourth-order valence-electron chi connectivity index (χ4n) is 1.93. The molecule has 1 aliphatic rings. The lowest BCUT2D eigenvalue weighted by Crippen LogP contribution is -2.26. The van der Waals surface area contributed by atoms with Gasteiger partial charge in [0.1, 0.15) is 5.75 Å². The zero-order valence-electron chi connectivity index (χ0n) is 9.90. The zero-order valence-corrected chi connectivity index (χ0v) is 14.7. The van der Waals surface area contributed by atoms with Crippen molar-refractivity contribution >= 4 is 58.8 Å². The van der Waals surface area contributed by atoms with Gasteiger partial charge in [-0.05, 0) is 50.8 Å². The van der Waals surface area contributed by atoms with Gasteiger partial charge in [0.05, 0.1) is 19.4 Å². The first-order valence-corrected chi connectivity index (χ1v) is 9.90. The van der Waals surface area contributed by atoms with Gasteiger partial charge < -0.3 is 4.74 Å². The van der Waals surface area contributed by atoms with E-state index in [1.807, 2.05) is 0 Å². The second-order valence-electron chi connectivity index (χ2n) is 4.35. The van der Waals surface area contributed by atoms with Crippen molar-refractivity contribution in [2.75, 3.05) is 18.1 Å². The van der Waals surface area contributed by atoms with E-state index in [1.54, 1.807) is 6.07 Å². The number of hydrogen-bond acceptors (Lipinski definition) is 5. The molecule has 0 aromatic carbocycles. The lowest BCUT2D eigenvalue weighted by molar-refractivity contribution is 0.102. The van der Waals surface area contributed by atoms with Crippen LogP contribution < -0.4 is 0 Å². The molecule has 1 aromatic heterocycles. The minimum absolute atomic E-state index is 0.0678. The summed E-state index contributed by atoms with van der Waals surface area (Å²) in [5.74, 6) is -0.914. The first kappa shape index (κ1) is 15.6. The van der Waals surface area contributed by atoms with Gasteiger partial charge in [0.15, 0.2) is 15.6 Å². The number of rotatable bonds is 5. The molecule has 0 bridgehead atoms. The molecule has 1 aromatic rings. The molecule has 1 aliphatic heterocycles. The summed E-state index contributed by atoms with van der Waals surface area (Å²) in [5.41, 5.74) is 0.410. The Morgan fingerprint density at radius 3 is 2.74 bits per heavy atom. The van der Waals surface area contributed by atoms with E-state index in [0.29, 0.717) is 16.0 Å². The highest BCUT2D eigenvalue weighted by atomic mass is 79.9. The fraction of sp³-hybridized carbons (Fsp3) is 0.545. The summed E-state index contributed by atoms with van der Waals surface area (Å²) in [6.07, 6.45) is 1.38. The summed E-state index contributed by atoms with van der Waals surface area (Å²) in [6.45, 7) is 0.608. The summed E-state index contributed by atoms with van der Waals surface area (Å²) >= 11 is 7.88. The summed E-state index contributed by atoms with van der Waals surface area (Å²) in [5, 5.41) is 0. The summed E-state index contributed by atoms with van der Waals surface area (Å²) in [6, 6.07) is 1.64. The molecule has 19 heavy (non-hydrogen) atoms. The molecule has 1 atom stereocenters. The van der Waals surface area contributed by atoms with E-state index in [9.17, 15) is 13.2 Å². The average Bonchev–Trinajstić information content (AvgIpc) is 2.86. The third kappa shape index (κ3) is 4.35. The van der Waals surface area contributed by atoms with Gasteiger partial charge in [-0.3, -0.25) is 4.79 Å². The quantitative estimate of drug-likeness (QED) is 0.672. The molecule has 1 fully saturated rings. The number of sulfone groups is 1. The number of halogens is 2. The van der Waals surface area contributed by atoms with Gasteiger partial charge in [0, 0.05) is 12.2 Å². The summed E-state index contributed by atoms with van der Waals surface area (Å²) < 4.78 is 30.7. The fourth-order valence-corrected chi connectivity index (χ4v) is 6.28. The Kier molecular flexibility index (Phi) is 5.21. The maximum Gasteiger partial charge on any atom is 0.179 e. The molecule has 8 heteroatoms. The molecule has 1 unspecified atom stereocenters. The molecule has 2 rings (SSSR count). The summed E-state index contributed by atoms with van der Waals surface area (Å²) in [4.78, 5) is 12.0. The molecule has 0 saturated carbocycles. The smallest absolute Gasteiger partial charge is 0.179 e. The molecule has 0 aliphatic carbocycles. The standard InChI is InChI=1S/C11H12Br2O4S2/c12-10-4-8(11(13)18-10)9(14)6-19(15,16)5-7-2-1-3-17-7/h4,7H,1-3,5-6H2. The maximum absolute atomic E-state index is 12.0. The van der Waals surface area contributed by atoms with Crippen molar-refractivity contribution in [3.05, 3.63) is 19.2 Å². The lowest BCUT2D eigenvalue weighted by atomic mass is 10.2. The highest BCUT2D eigenvalue weighted by Crippen LogP contribution is 2.32. The number of carbonyl (C=O) groups excluding carboxylic acids is 1. The van der Waals surface area contributed by atoms with Gasteiger partial charge in [0.25, 0.3) is 0 Å². The van der Waals surface area contributed by atoms with Crippen LogP contribution in [0.25, 0.3) is 0 Å². The minimum atomic E-state index is -3.43. The SMILES string of the molecule is O=C(CS(=O)(=O)CC1CCCO1)c1cc(Br)sc1Br. The van der Waals surface area contributed by atoms with Gasteiger partial charge >= 0.3 is 0 Å². The van der Waals surface area contributed by atoms with Crippen LogP contribution in [0.2, 0.25) is 0 Å². The predicted molar refractivity (Wildman–Crippen MR) is 81.7 cm³/mol. The average molecular weight is 432 g/mol. The van der Waals surface area contributed by atoms with Crippen LogP contribution in [0, 0.1) is 0 Å². The zero-order chi connectivity index (χ0) is 14.0. The number of ether oxygens (including phenoxy) is 1. The van der Waals surface area contributed by atoms with Gasteiger partial charge in [0.2, 0.25) is 0 Å².